The summed E-state index contributed by atoms with van der Waals surface area (Å²) in [6.45, 7) is 5.34. The van der Waals surface area contributed by atoms with Crippen molar-refractivity contribution >= 4 is 17.3 Å². The van der Waals surface area contributed by atoms with E-state index >= 15 is 0 Å². The molecular weight excluding hydrogens is 226 g/mol. The van der Waals surface area contributed by atoms with Crippen LogP contribution in [0.3, 0.4) is 0 Å². The van der Waals surface area contributed by atoms with Crippen molar-refractivity contribution in [1.29, 1.82) is 0 Å². The van der Waals surface area contributed by atoms with Crippen LogP contribution in [0.1, 0.15) is 18.9 Å². The van der Waals surface area contributed by atoms with Crippen molar-refractivity contribution in [2.75, 3.05) is 37.8 Å². The van der Waals surface area contributed by atoms with Gasteiger partial charge in [0.05, 0.1) is 6.54 Å². The first-order valence-electron chi connectivity index (χ1n) is 6.27. The quantitative estimate of drug-likeness (QED) is 0.811. The molecule has 100 valence electrons. The number of benzene rings is 1. The minimum atomic E-state index is 0.102. The highest BCUT2D eigenvalue weighted by molar-refractivity contribution is 5.82. The van der Waals surface area contributed by atoms with Crippen molar-refractivity contribution < 1.29 is 4.79 Å². The Labute approximate surface area is 109 Å². The number of anilines is 2. The van der Waals surface area contributed by atoms with Gasteiger partial charge in [-0.3, -0.25) is 4.79 Å². The predicted molar refractivity (Wildman–Crippen MR) is 76.8 cm³/mol. The van der Waals surface area contributed by atoms with Crippen LogP contribution in [0.25, 0.3) is 0 Å². The Balaban J connectivity index is 2.97. The van der Waals surface area contributed by atoms with Crippen molar-refractivity contribution in [2.24, 2.45) is 0 Å². The molecule has 0 aromatic heterocycles. The molecule has 0 fully saturated rings. The number of likely N-dealkylation sites (N-methyl/N-ethyl adjacent to an activating group) is 1. The van der Waals surface area contributed by atoms with E-state index < -0.39 is 0 Å². The van der Waals surface area contributed by atoms with Crippen LogP contribution in [0.5, 0.6) is 0 Å². The van der Waals surface area contributed by atoms with Gasteiger partial charge in [0, 0.05) is 32.0 Å². The summed E-state index contributed by atoms with van der Waals surface area (Å²) in [6, 6.07) is 5.83. The fourth-order valence-corrected chi connectivity index (χ4v) is 1.84. The van der Waals surface area contributed by atoms with Gasteiger partial charge in [0.25, 0.3) is 0 Å². The zero-order chi connectivity index (χ0) is 13.7. The van der Waals surface area contributed by atoms with E-state index in [9.17, 15) is 4.79 Å². The molecule has 1 amide bonds. The van der Waals surface area contributed by atoms with E-state index in [1.807, 2.05) is 25.1 Å². The van der Waals surface area contributed by atoms with Crippen molar-refractivity contribution in [3.63, 3.8) is 0 Å². The zero-order valence-corrected chi connectivity index (χ0v) is 11.7. The van der Waals surface area contributed by atoms with Gasteiger partial charge in [-0.15, -0.1) is 0 Å². The lowest BCUT2D eigenvalue weighted by Gasteiger charge is -2.27. The van der Waals surface area contributed by atoms with Gasteiger partial charge in [-0.1, -0.05) is 13.0 Å². The van der Waals surface area contributed by atoms with E-state index in [0.717, 1.165) is 29.9 Å². The molecule has 0 spiro atoms. The minimum absolute atomic E-state index is 0.102. The Morgan fingerprint density at radius 1 is 1.33 bits per heavy atom. The second-order valence-corrected chi connectivity index (χ2v) is 4.70. The molecule has 1 aromatic carbocycles. The predicted octanol–water partition coefficient (Wildman–Crippen LogP) is 1.88. The summed E-state index contributed by atoms with van der Waals surface area (Å²) < 4.78 is 0. The molecule has 0 aliphatic carbocycles. The van der Waals surface area contributed by atoms with Gasteiger partial charge in [0.2, 0.25) is 5.91 Å². The first-order valence-corrected chi connectivity index (χ1v) is 6.27. The first-order chi connectivity index (χ1) is 8.47. The van der Waals surface area contributed by atoms with Crippen LogP contribution in [-0.2, 0) is 4.79 Å². The largest absolute Gasteiger partial charge is 0.398 e. The van der Waals surface area contributed by atoms with E-state index in [1.54, 1.807) is 19.0 Å². The van der Waals surface area contributed by atoms with Crippen LogP contribution < -0.4 is 10.6 Å². The van der Waals surface area contributed by atoms with Crippen molar-refractivity contribution in [1.82, 2.24) is 4.90 Å². The Hall–Kier alpha value is -1.71. The topological polar surface area (TPSA) is 49.6 Å². The zero-order valence-electron chi connectivity index (χ0n) is 11.7. The summed E-state index contributed by atoms with van der Waals surface area (Å²) in [4.78, 5) is 15.6. The third-order valence-electron chi connectivity index (χ3n) is 3.01. The molecule has 0 saturated heterocycles. The molecular formula is C14H23N3O. The van der Waals surface area contributed by atoms with E-state index in [-0.39, 0.29) is 5.91 Å². The number of hydrogen-bond acceptors (Lipinski definition) is 3. The molecule has 0 radical (unpaired) electrons. The normalized spacial score (nSPS) is 10.2. The van der Waals surface area contributed by atoms with Gasteiger partial charge in [0.1, 0.15) is 0 Å². The summed E-state index contributed by atoms with van der Waals surface area (Å²) in [7, 11) is 3.55. The first kappa shape index (κ1) is 14.4. The number of rotatable bonds is 5. The number of nitrogens with two attached hydrogens (primary N) is 1. The molecule has 0 heterocycles. The Kier molecular flexibility index (Phi) is 5.01. The fourth-order valence-electron chi connectivity index (χ4n) is 1.84. The smallest absolute Gasteiger partial charge is 0.241 e. The van der Waals surface area contributed by atoms with Crippen LogP contribution in [0, 0.1) is 6.92 Å². The molecule has 0 aliphatic rings. The maximum Gasteiger partial charge on any atom is 0.241 e. The Morgan fingerprint density at radius 3 is 2.56 bits per heavy atom. The summed E-state index contributed by atoms with van der Waals surface area (Å²) in [6.07, 6.45) is 0.995. The van der Waals surface area contributed by atoms with E-state index in [1.165, 1.54) is 0 Å². The number of nitrogen functional groups attached to an aromatic ring is 1. The molecule has 4 nitrogen and oxygen atoms in total. The lowest BCUT2D eigenvalue weighted by Crippen LogP contribution is -2.37. The van der Waals surface area contributed by atoms with Crippen LogP contribution in [0.2, 0.25) is 0 Å². The summed E-state index contributed by atoms with van der Waals surface area (Å²) in [5.74, 6) is 0.102. The lowest BCUT2D eigenvalue weighted by molar-refractivity contribution is -0.127. The average molecular weight is 249 g/mol. The third-order valence-corrected chi connectivity index (χ3v) is 3.01. The van der Waals surface area contributed by atoms with E-state index in [2.05, 4.69) is 11.8 Å². The van der Waals surface area contributed by atoms with Gasteiger partial charge in [0.15, 0.2) is 0 Å². The highest BCUT2D eigenvalue weighted by Gasteiger charge is 2.14. The monoisotopic (exact) mass is 249 g/mol. The molecule has 18 heavy (non-hydrogen) atoms. The molecule has 0 atom stereocenters. The second-order valence-electron chi connectivity index (χ2n) is 4.70. The van der Waals surface area contributed by atoms with E-state index in [0.29, 0.717) is 6.54 Å². The fraction of sp³-hybridized carbons (Fsp3) is 0.500. The number of carbonyl (C=O) groups is 1. The summed E-state index contributed by atoms with van der Waals surface area (Å²) in [5, 5.41) is 0. The standard InChI is InChI=1S/C14H23N3O/c1-5-9-17(10-14(18)16(3)4)13-8-6-7-12(15)11(13)2/h6-8H,5,9-10,15H2,1-4H3. The molecule has 0 aliphatic heterocycles. The molecule has 2 N–H and O–H groups in total. The summed E-state index contributed by atoms with van der Waals surface area (Å²) in [5.41, 5.74) is 8.78. The number of carbonyl (C=O) groups excluding carboxylic acids is 1. The van der Waals surface area contributed by atoms with Crippen molar-refractivity contribution in [3.05, 3.63) is 23.8 Å². The molecule has 0 bridgehead atoms. The van der Waals surface area contributed by atoms with E-state index in [4.69, 9.17) is 5.73 Å². The number of amides is 1. The van der Waals surface area contributed by atoms with Gasteiger partial charge >= 0.3 is 0 Å². The van der Waals surface area contributed by atoms with Gasteiger partial charge in [-0.2, -0.15) is 0 Å². The Bertz CT molecular complexity index is 416. The van der Waals surface area contributed by atoms with Gasteiger partial charge in [-0.05, 0) is 31.0 Å². The summed E-state index contributed by atoms with van der Waals surface area (Å²) >= 11 is 0. The molecule has 0 saturated carbocycles. The van der Waals surface area contributed by atoms with Crippen LogP contribution in [-0.4, -0.2) is 38.0 Å². The minimum Gasteiger partial charge on any atom is -0.398 e. The third kappa shape index (κ3) is 3.39. The average Bonchev–Trinajstić information content (AvgIpc) is 2.32. The van der Waals surface area contributed by atoms with Gasteiger partial charge in [-0.25, -0.2) is 0 Å². The SMILES string of the molecule is CCCN(CC(=O)N(C)C)c1cccc(N)c1C. The van der Waals surface area contributed by atoms with Crippen molar-refractivity contribution in [3.8, 4) is 0 Å². The molecule has 1 rings (SSSR count). The van der Waals surface area contributed by atoms with Crippen LogP contribution in [0.15, 0.2) is 18.2 Å². The highest BCUT2D eigenvalue weighted by atomic mass is 16.2. The van der Waals surface area contributed by atoms with Crippen LogP contribution in [0.4, 0.5) is 11.4 Å². The van der Waals surface area contributed by atoms with Gasteiger partial charge < -0.3 is 15.5 Å². The highest BCUT2D eigenvalue weighted by Crippen LogP contribution is 2.24. The van der Waals surface area contributed by atoms with Crippen molar-refractivity contribution in [2.45, 2.75) is 20.3 Å². The second kappa shape index (κ2) is 6.28. The maximum absolute atomic E-state index is 11.9. The lowest BCUT2D eigenvalue weighted by atomic mass is 10.1. The number of nitrogens with zero attached hydrogens (tertiary/aromatic N) is 2. The molecule has 0 unspecified atom stereocenters. The molecule has 4 heteroatoms. The number of hydrogen-bond donors (Lipinski definition) is 1. The maximum atomic E-state index is 11.9. The molecule has 1 aromatic rings. The Morgan fingerprint density at radius 2 is 2.00 bits per heavy atom. The van der Waals surface area contributed by atoms with Crippen LogP contribution >= 0.6 is 0 Å².